The minimum Gasteiger partial charge on any atom is -0.382 e. The molecule has 0 aliphatic carbocycles. The van der Waals surface area contributed by atoms with Gasteiger partial charge in [-0.25, -0.2) is 4.68 Å². The molecule has 1 aromatic carbocycles. The van der Waals surface area contributed by atoms with Gasteiger partial charge in [0.15, 0.2) is 0 Å². The summed E-state index contributed by atoms with van der Waals surface area (Å²) in [6.45, 7) is 5.82. The highest BCUT2D eigenvalue weighted by molar-refractivity contribution is 5.48. The van der Waals surface area contributed by atoms with Gasteiger partial charge in [0, 0.05) is 18.3 Å². The molecule has 21 heavy (non-hydrogen) atoms. The van der Waals surface area contributed by atoms with Crippen LogP contribution in [-0.4, -0.2) is 50.8 Å². The van der Waals surface area contributed by atoms with Crippen molar-refractivity contribution >= 4 is 5.69 Å². The summed E-state index contributed by atoms with van der Waals surface area (Å²) >= 11 is 0. The van der Waals surface area contributed by atoms with Gasteiger partial charge in [-0.15, -0.1) is 5.10 Å². The third-order valence-electron chi connectivity index (χ3n) is 4.12. The van der Waals surface area contributed by atoms with Crippen LogP contribution in [0.3, 0.4) is 0 Å². The van der Waals surface area contributed by atoms with Crippen LogP contribution in [0, 0.1) is 0 Å². The van der Waals surface area contributed by atoms with E-state index < -0.39 is 0 Å². The summed E-state index contributed by atoms with van der Waals surface area (Å²) in [4.78, 5) is 2.53. The zero-order valence-electron chi connectivity index (χ0n) is 12.4. The first-order valence-corrected chi connectivity index (χ1v) is 7.67. The molecule has 6 heteroatoms. The van der Waals surface area contributed by atoms with E-state index in [1.165, 1.54) is 38.0 Å². The molecular formula is C15H22N6. The average Bonchev–Trinajstić information content (AvgIpc) is 2.96. The molecule has 0 saturated carbocycles. The molecule has 1 fully saturated rings. The molecule has 2 aromatic rings. The van der Waals surface area contributed by atoms with E-state index >= 15 is 0 Å². The Bertz CT molecular complexity index is 536. The summed E-state index contributed by atoms with van der Waals surface area (Å²) in [7, 11) is 0. The third-order valence-corrected chi connectivity index (χ3v) is 4.12. The molecule has 0 radical (unpaired) electrons. The number of nitrogens with zero attached hydrogens (tertiary/aromatic N) is 5. The van der Waals surface area contributed by atoms with Gasteiger partial charge < -0.3 is 10.2 Å². The first-order valence-electron chi connectivity index (χ1n) is 7.67. The van der Waals surface area contributed by atoms with Crippen molar-refractivity contribution in [1.29, 1.82) is 0 Å². The second-order valence-corrected chi connectivity index (χ2v) is 5.51. The topological polar surface area (TPSA) is 58.9 Å². The molecule has 6 nitrogen and oxygen atoms in total. The van der Waals surface area contributed by atoms with E-state index in [4.69, 9.17) is 0 Å². The number of hydrogen-bond acceptors (Lipinski definition) is 5. The van der Waals surface area contributed by atoms with Crippen molar-refractivity contribution in [2.75, 3.05) is 25.0 Å². The van der Waals surface area contributed by atoms with Crippen molar-refractivity contribution in [2.45, 2.75) is 32.2 Å². The maximum absolute atomic E-state index is 3.89. The van der Waals surface area contributed by atoms with Crippen LogP contribution in [0.4, 0.5) is 5.69 Å². The van der Waals surface area contributed by atoms with Gasteiger partial charge in [0.05, 0.1) is 5.69 Å². The number of benzene rings is 1. The molecule has 1 aromatic heterocycles. The minimum atomic E-state index is 0.570. The van der Waals surface area contributed by atoms with Crippen LogP contribution in [0.2, 0.25) is 0 Å². The quantitative estimate of drug-likeness (QED) is 0.931. The highest BCUT2D eigenvalue weighted by Crippen LogP contribution is 2.18. The normalized spacial score (nSPS) is 20.1. The Morgan fingerprint density at radius 3 is 2.76 bits per heavy atom. The van der Waals surface area contributed by atoms with E-state index in [0.29, 0.717) is 6.04 Å². The van der Waals surface area contributed by atoms with E-state index in [1.54, 1.807) is 11.0 Å². The number of rotatable bonds is 4. The molecule has 0 amide bonds. The van der Waals surface area contributed by atoms with Gasteiger partial charge >= 0.3 is 0 Å². The smallest absolute Gasteiger partial charge is 0.143 e. The second kappa shape index (κ2) is 6.67. The van der Waals surface area contributed by atoms with Crippen molar-refractivity contribution in [3.8, 4) is 5.69 Å². The van der Waals surface area contributed by atoms with Crippen LogP contribution < -0.4 is 5.32 Å². The van der Waals surface area contributed by atoms with E-state index in [-0.39, 0.29) is 0 Å². The highest BCUT2D eigenvalue weighted by atomic mass is 15.5. The lowest BCUT2D eigenvalue weighted by Crippen LogP contribution is -2.26. The van der Waals surface area contributed by atoms with Crippen LogP contribution in [-0.2, 0) is 0 Å². The lowest BCUT2D eigenvalue weighted by Gasteiger charge is -2.19. The number of tetrazole rings is 1. The molecule has 0 bridgehead atoms. The predicted molar refractivity (Wildman–Crippen MR) is 82.5 cm³/mol. The van der Waals surface area contributed by atoms with E-state index in [1.807, 2.05) is 12.1 Å². The Kier molecular flexibility index (Phi) is 4.45. The van der Waals surface area contributed by atoms with Crippen molar-refractivity contribution in [1.82, 2.24) is 25.1 Å². The Labute approximate surface area is 125 Å². The van der Waals surface area contributed by atoms with Gasteiger partial charge in [-0.2, -0.15) is 0 Å². The Balaban J connectivity index is 1.60. The van der Waals surface area contributed by atoms with Crippen LogP contribution in [0.5, 0.6) is 0 Å². The van der Waals surface area contributed by atoms with Gasteiger partial charge in [0.25, 0.3) is 0 Å². The molecule has 1 N–H and O–H groups in total. The van der Waals surface area contributed by atoms with Crippen molar-refractivity contribution in [3.63, 3.8) is 0 Å². The van der Waals surface area contributed by atoms with Gasteiger partial charge in [0.1, 0.15) is 6.33 Å². The molecule has 3 rings (SSSR count). The number of aromatic nitrogens is 4. The summed E-state index contributed by atoms with van der Waals surface area (Å²) in [5, 5.41) is 14.8. The largest absolute Gasteiger partial charge is 0.382 e. The van der Waals surface area contributed by atoms with E-state index in [2.05, 4.69) is 44.8 Å². The summed E-state index contributed by atoms with van der Waals surface area (Å²) in [6.07, 6.45) is 5.33. The van der Waals surface area contributed by atoms with Gasteiger partial charge in [-0.05, 0) is 67.0 Å². The molecule has 1 unspecified atom stereocenters. The lowest BCUT2D eigenvalue weighted by molar-refractivity contribution is 0.300. The Hall–Kier alpha value is -1.95. The van der Waals surface area contributed by atoms with Gasteiger partial charge in [0.2, 0.25) is 0 Å². The fourth-order valence-corrected chi connectivity index (χ4v) is 2.84. The van der Waals surface area contributed by atoms with Crippen LogP contribution in [0.15, 0.2) is 30.6 Å². The number of likely N-dealkylation sites (tertiary alicyclic amines) is 1. The lowest BCUT2D eigenvalue weighted by atomic mass is 10.1. The first kappa shape index (κ1) is 14.0. The number of anilines is 1. The molecule has 1 aliphatic heterocycles. The minimum absolute atomic E-state index is 0.570. The second-order valence-electron chi connectivity index (χ2n) is 5.51. The average molecular weight is 286 g/mol. The number of hydrogen-bond donors (Lipinski definition) is 1. The van der Waals surface area contributed by atoms with Crippen LogP contribution in [0.25, 0.3) is 5.69 Å². The van der Waals surface area contributed by atoms with E-state index in [9.17, 15) is 0 Å². The Morgan fingerprint density at radius 2 is 2.05 bits per heavy atom. The predicted octanol–water partition coefficient (Wildman–Crippen LogP) is 1.95. The first-order chi connectivity index (χ1) is 10.3. The molecule has 1 aliphatic rings. The summed E-state index contributed by atoms with van der Waals surface area (Å²) in [5.74, 6) is 0. The molecule has 0 spiro atoms. The maximum atomic E-state index is 3.89. The van der Waals surface area contributed by atoms with Crippen molar-refractivity contribution < 1.29 is 0 Å². The summed E-state index contributed by atoms with van der Waals surface area (Å²) < 4.78 is 1.66. The molecule has 1 atom stereocenters. The maximum Gasteiger partial charge on any atom is 0.143 e. The molecule has 112 valence electrons. The number of nitrogens with one attached hydrogen (secondary N) is 1. The zero-order valence-corrected chi connectivity index (χ0v) is 12.4. The standard InChI is InChI=1S/C15H22N6/c1-2-20-10-3-4-13(9-11-20)17-14-5-7-15(8-6-14)21-12-16-18-19-21/h5-8,12-13,17H,2-4,9-11H2,1H3. The fourth-order valence-electron chi connectivity index (χ4n) is 2.84. The third kappa shape index (κ3) is 3.58. The summed E-state index contributed by atoms with van der Waals surface area (Å²) in [5.41, 5.74) is 2.14. The highest BCUT2D eigenvalue weighted by Gasteiger charge is 2.15. The van der Waals surface area contributed by atoms with E-state index in [0.717, 1.165) is 12.2 Å². The van der Waals surface area contributed by atoms with Crippen molar-refractivity contribution in [3.05, 3.63) is 30.6 Å². The molecule has 2 heterocycles. The van der Waals surface area contributed by atoms with Gasteiger partial charge in [-0.3, -0.25) is 0 Å². The molecular weight excluding hydrogens is 264 g/mol. The fraction of sp³-hybridized carbons (Fsp3) is 0.533. The van der Waals surface area contributed by atoms with Crippen LogP contribution in [0.1, 0.15) is 26.2 Å². The van der Waals surface area contributed by atoms with Gasteiger partial charge in [-0.1, -0.05) is 6.92 Å². The molecule has 1 saturated heterocycles. The zero-order chi connectivity index (χ0) is 14.5. The van der Waals surface area contributed by atoms with Crippen molar-refractivity contribution in [2.24, 2.45) is 0 Å². The monoisotopic (exact) mass is 286 g/mol. The SMILES string of the molecule is CCN1CCCC(Nc2ccc(-n3cnnn3)cc2)CC1. The summed E-state index contributed by atoms with van der Waals surface area (Å²) in [6, 6.07) is 8.83. The Morgan fingerprint density at radius 1 is 1.19 bits per heavy atom. The van der Waals surface area contributed by atoms with Crippen LogP contribution >= 0.6 is 0 Å².